The predicted molar refractivity (Wildman–Crippen MR) is 84.3 cm³/mol. The summed E-state index contributed by atoms with van der Waals surface area (Å²) in [5.74, 6) is 0.200. The van der Waals surface area contributed by atoms with Crippen LogP contribution in [-0.2, 0) is 0 Å². The number of carbonyl (C=O) groups is 1. The lowest BCUT2D eigenvalue weighted by molar-refractivity contribution is 0.0739. The summed E-state index contributed by atoms with van der Waals surface area (Å²) in [5.41, 5.74) is 0.850. The molecule has 2 bridgehead atoms. The average Bonchev–Trinajstić information content (AvgIpc) is 2.63. The van der Waals surface area contributed by atoms with Gasteiger partial charge in [0.15, 0.2) is 0 Å². The van der Waals surface area contributed by atoms with Gasteiger partial charge in [-0.1, -0.05) is 12.1 Å². The first-order chi connectivity index (χ1) is 9.16. The Labute approximate surface area is 128 Å². The number of amides is 1. The molecule has 3 rings (SSSR count). The summed E-state index contributed by atoms with van der Waals surface area (Å²) in [4.78, 5) is 17.2. The topological polar surface area (TPSA) is 23.6 Å². The molecule has 0 radical (unpaired) electrons. The zero-order valence-electron chi connectivity index (χ0n) is 11.2. The fraction of sp³-hybridized carbons (Fsp3) is 0.533. The van der Waals surface area contributed by atoms with Gasteiger partial charge in [-0.3, -0.25) is 9.69 Å². The van der Waals surface area contributed by atoms with Crippen molar-refractivity contribution in [1.82, 2.24) is 9.80 Å². The Bertz CT molecular complexity index is 491. The highest BCUT2D eigenvalue weighted by Crippen LogP contribution is 2.29. The van der Waals surface area contributed by atoms with Crippen molar-refractivity contribution >= 4 is 28.5 Å². The molecule has 2 heterocycles. The van der Waals surface area contributed by atoms with Crippen LogP contribution in [0.5, 0.6) is 0 Å². The quantitative estimate of drug-likeness (QED) is 0.710. The molecular weight excluding hydrogens is 351 g/mol. The summed E-state index contributed by atoms with van der Waals surface area (Å²) in [6, 6.07) is 9.11. The van der Waals surface area contributed by atoms with Crippen molar-refractivity contribution in [2.45, 2.75) is 31.3 Å². The normalized spacial score (nSPS) is 27.4. The minimum Gasteiger partial charge on any atom is -0.337 e. The van der Waals surface area contributed by atoms with Crippen molar-refractivity contribution in [2.24, 2.45) is 0 Å². The molecule has 2 aliphatic heterocycles. The molecule has 1 aromatic carbocycles. The lowest BCUT2D eigenvalue weighted by atomic mass is 10.1. The Balaban J connectivity index is 1.80. The molecule has 19 heavy (non-hydrogen) atoms. The molecule has 2 unspecified atom stereocenters. The van der Waals surface area contributed by atoms with Crippen molar-refractivity contribution < 1.29 is 4.79 Å². The number of hydrogen-bond donors (Lipinski definition) is 0. The number of fused-ring (bicyclic) bond motifs is 2. The highest BCUT2D eigenvalue weighted by atomic mass is 127. The van der Waals surface area contributed by atoms with Crippen LogP contribution in [0, 0.1) is 3.57 Å². The maximum Gasteiger partial charge on any atom is 0.254 e. The van der Waals surface area contributed by atoms with Crippen LogP contribution >= 0.6 is 22.6 Å². The van der Waals surface area contributed by atoms with Crippen LogP contribution in [0.1, 0.15) is 29.6 Å². The summed E-state index contributed by atoms with van der Waals surface area (Å²) in [6.45, 7) is 1.78. The summed E-state index contributed by atoms with van der Waals surface area (Å²) >= 11 is 2.25. The van der Waals surface area contributed by atoms with Gasteiger partial charge in [0, 0.05) is 28.7 Å². The lowest BCUT2D eigenvalue weighted by Gasteiger charge is -2.26. The first-order valence-electron chi connectivity index (χ1n) is 6.92. The first kappa shape index (κ1) is 13.4. The summed E-state index contributed by atoms with van der Waals surface area (Å²) in [6.07, 6.45) is 3.64. The number of nitrogens with zero attached hydrogens (tertiary/aromatic N) is 2. The highest BCUT2D eigenvalue weighted by Gasteiger charge is 2.36. The van der Waals surface area contributed by atoms with Crippen molar-refractivity contribution in [2.75, 3.05) is 20.1 Å². The summed E-state index contributed by atoms with van der Waals surface area (Å²) in [5, 5.41) is 0. The number of likely N-dealkylation sites (N-methyl/N-ethyl adjacent to an activating group) is 1. The molecule has 0 N–H and O–H groups in total. The third kappa shape index (κ3) is 2.52. The highest BCUT2D eigenvalue weighted by molar-refractivity contribution is 14.1. The molecule has 0 saturated carbocycles. The molecule has 2 atom stereocenters. The molecule has 2 saturated heterocycles. The van der Waals surface area contributed by atoms with Crippen LogP contribution in [0.2, 0.25) is 0 Å². The van der Waals surface area contributed by atoms with Gasteiger partial charge in [0.05, 0.1) is 5.56 Å². The van der Waals surface area contributed by atoms with Gasteiger partial charge in [0.1, 0.15) is 0 Å². The minimum atomic E-state index is 0.200. The van der Waals surface area contributed by atoms with Crippen molar-refractivity contribution in [1.29, 1.82) is 0 Å². The van der Waals surface area contributed by atoms with E-state index in [0.717, 1.165) is 28.6 Å². The number of carbonyl (C=O) groups excluding carboxylic acids is 1. The third-order valence-electron chi connectivity index (χ3n) is 4.54. The Morgan fingerprint density at radius 3 is 2.74 bits per heavy atom. The average molecular weight is 370 g/mol. The molecule has 1 amide bonds. The largest absolute Gasteiger partial charge is 0.337 e. The maximum atomic E-state index is 12.7. The van der Waals surface area contributed by atoms with Crippen LogP contribution in [0.25, 0.3) is 0 Å². The molecule has 4 heteroatoms. The Morgan fingerprint density at radius 1 is 1.21 bits per heavy atom. The second kappa shape index (κ2) is 5.40. The minimum absolute atomic E-state index is 0.200. The van der Waals surface area contributed by atoms with E-state index in [-0.39, 0.29) is 5.91 Å². The van der Waals surface area contributed by atoms with Crippen LogP contribution in [0.15, 0.2) is 24.3 Å². The molecule has 3 nitrogen and oxygen atoms in total. The zero-order valence-corrected chi connectivity index (χ0v) is 13.3. The second-order valence-corrected chi connectivity index (χ2v) is 6.73. The maximum absolute atomic E-state index is 12.7. The Hall–Kier alpha value is -0.620. The van der Waals surface area contributed by atoms with Gasteiger partial charge in [0.25, 0.3) is 5.91 Å². The standard InChI is InChI=1S/C15H19IN2O/c1-17-11-6-7-12(17)10-18(9-8-11)15(19)13-4-2-3-5-14(13)16/h2-5,11-12H,6-10H2,1H3. The van der Waals surface area contributed by atoms with Crippen molar-refractivity contribution in [3.8, 4) is 0 Å². The molecule has 0 aliphatic carbocycles. The molecule has 0 spiro atoms. The SMILES string of the molecule is CN1C2CCC1CN(C(=O)c1ccccc1I)CC2. The second-order valence-electron chi connectivity index (χ2n) is 5.57. The smallest absolute Gasteiger partial charge is 0.254 e. The van der Waals surface area contributed by atoms with E-state index in [9.17, 15) is 4.79 Å². The number of hydrogen-bond acceptors (Lipinski definition) is 2. The van der Waals surface area contributed by atoms with Crippen LogP contribution < -0.4 is 0 Å². The zero-order chi connectivity index (χ0) is 13.4. The molecule has 1 aromatic rings. The summed E-state index contributed by atoms with van der Waals surface area (Å²) < 4.78 is 1.05. The van der Waals surface area contributed by atoms with Gasteiger partial charge in [-0.05, 0) is 61.0 Å². The van der Waals surface area contributed by atoms with Gasteiger partial charge in [-0.25, -0.2) is 0 Å². The molecule has 0 aromatic heterocycles. The van der Waals surface area contributed by atoms with Crippen molar-refractivity contribution in [3.63, 3.8) is 0 Å². The Morgan fingerprint density at radius 2 is 1.95 bits per heavy atom. The van der Waals surface area contributed by atoms with E-state index in [1.54, 1.807) is 0 Å². The van der Waals surface area contributed by atoms with E-state index in [4.69, 9.17) is 0 Å². The fourth-order valence-corrected chi connectivity index (χ4v) is 3.92. The van der Waals surface area contributed by atoms with E-state index in [1.165, 1.54) is 12.8 Å². The first-order valence-corrected chi connectivity index (χ1v) is 8.00. The van der Waals surface area contributed by atoms with Gasteiger partial charge < -0.3 is 4.90 Å². The van der Waals surface area contributed by atoms with Crippen LogP contribution in [0.3, 0.4) is 0 Å². The van der Waals surface area contributed by atoms with Crippen LogP contribution in [0.4, 0.5) is 0 Å². The monoisotopic (exact) mass is 370 g/mol. The molecule has 102 valence electrons. The molecule has 2 aliphatic rings. The number of benzene rings is 1. The molecular formula is C15H19IN2O. The number of rotatable bonds is 1. The van der Waals surface area contributed by atoms with Gasteiger partial charge in [-0.2, -0.15) is 0 Å². The van der Waals surface area contributed by atoms with E-state index in [2.05, 4.69) is 39.4 Å². The van der Waals surface area contributed by atoms with E-state index >= 15 is 0 Å². The van der Waals surface area contributed by atoms with Crippen LogP contribution in [-0.4, -0.2) is 47.9 Å². The van der Waals surface area contributed by atoms with E-state index < -0.39 is 0 Å². The van der Waals surface area contributed by atoms with E-state index in [1.807, 2.05) is 24.3 Å². The van der Waals surface area contributed by atoms with E-state index in [0.29, 0.717) is 12.1 Å². The van der Waals surface area contributed by atoms with Gasteiger partial charge in [0.2, 0.25) is 0 Å². The Kier molecular flexibility index (Phi) is 3.80. The van der Waals surface area contributed by atoms with Gasteiger partial charge >= 0.3 is 0 Å². The molecule has 2 fully saturated rings. The third-order valence-corrected chi connectivity index (χ3v) is 5.48. The lowest BCUT2D eigenvalue weighted by Crippen LogP contribution is -2.39. The predicted octanol–water partition coefficient (Wildman–Crippen LogP) is 2.60. The fourth-order valence-electron chi connectivity index (χ4n) is 3.30. The number of likely N-dealkylation sites (tertiary alicyclic amines) is 1. The summed E-state index contributed by atoms with van der Waals surface area (Å²) in [7, 11) is 2.21. The van der Waals surface area contributed by atoms with Crippen molar-refractivity contribution in [3.05, 3.63) is 33.4 Å². The number of halogens is 1. The van der Waals surface area contributed by atoms with Gasteiger partial charge in [-0.15, -0.1) is 0 Å².